The molecular weight excluding hydrogens is 270 g/mol. The van der Waals surface area contributed by atoms with Crippen LogP contribution in [0.1, 0.15) is 36.0 Å². The molecule has 3 N–H and O–H groups in total. The van der Waals surface area contributed by atoms with Crippen molar-refractivity contribution in [3.8, 4) is 0 Å². The number of anilines is 2. The molecule has 0 spiro atoms. The summed E-state index contributed by atoms with van der Waals surface area (Å²) in [4.78, 5) is 13.5. The van der Waals surface area contributed by atoms with Gasteiger partial charge >= 0.3 is 0 Å². The van der Waals surface area contributed by atoms with Gasteiger partial charge < -0.3 is 11.1 Å². The van der Waals surface area contributed by atoms with E-state index >= 15 is 0 Å². The fourth-order valence-corrected chi connectivity index (χ4v) is 2.29. The third kappa shape index (κ3) is 3.08. The second kappa shape index (κ2) is 5.49. The third-order valence-corrected chi connectivity index (χ3v) is 3.59. The fourth-order valence-electron chi connectivity index (χ4n) is 1.45. The van der Waals surface area contributed by atoms with Gasteiger partial charge in [-0.05, 0) is 25.3 Å². The van der Waals surface area contributed by atoms with Gasteiger partial charge in [0.05, 0.1) is 11.4 Å². The van der Waals surface area contributed by atoms with Crippen molar-refractivity contribution in [3.63, 3.8) is 0 Å². The number of rotatable bonds is 4. The summed E-state index contributed by atoms with van der Waals surface area (Å²) in [6.07, 6.45) is 0. The number of nitrogens with two attached hydrogens (primary N) is 1. The van der Waals surface area contributed by atoms with Crippen LogP contribution in [-0.2, 0) is 0 Å². The topological polar surface area (TPSA) is 76.7 Å². The average Bonchev–Trinajstić information content (AvgIpc) is 2.81. The van der Waals surface area contributed by atoms with Crippen molar-refractivity contribution < 1.29 is 0 Å². The number of hydrogen-bond acceptors (Lipinski definition) is 6. The maximum absolute atomic E-state index is 5.95. The zero-order valence-corrected chi connectivity index (χ0v) is 11.7. The smallest absolute Gasteiger partial charge is 0.228 e. The maximum atomic E-state index is 5.95. The van der Waals surface area contributed by atoms with Crippen LogP contribution in [0.3, 0.4) is 0 Å². The Morgan fingerprint density at radius 1 is 1.33 bits per heavy atom. The molecule has 2 aromatic heterocycles. The Bertz CT molecular complexity index is 514. The Labute approximate surface area is 114 Å². The predicted octanol–water partition coefficient (Wildman–Crippen LogP) is 2.99. The Hall–Kier alpha value is -1.40. The number of halogens is 1. The minimum atomic E-state index is -0.298. The van der Waals surface area contributed by atoms with Crippen LogP contribution in [0, 0.1) is 0 Å². The minimum Gasteiger partial charge on any atom is -0.368 e. The van der Waals surface area contributed by atoms with Crippen molar-refractivity contribution in [1.29, 1.82) is 0 Å². The van der Waals surface area contributed by atoms with Crippen molar-refractivity contribution in [3.05, 3.63) is 28.2 Å². The molecule has 0 bridgehead atoms. The average molecular weight is 284 g/mol. The molecule has 7 heteroatoms. The zero-order valence-electron chi connectivity index (χ0n) is 10.1. The number of aromatic nitrogens is 3. The van der Waals surface area contributed by atoms with Gasteiger partial charge in [0.1, 0.15) is 0 Å². The van der Waals surface area contributed by atoms with Crippen molar-refractivity contribution in [2.24, 2.45) is 0 Å². The molecule has 2 aromatic rings. The second-order valence-corrected chi connectivity index (χ2v) is 5.51. The fraction of sp³-hybridized carbons (Fsp3) is 0.364. The molecule has 2 rings (SSSR count). The zero-order chi connectivity index (χ0) is 13.1. The van der Waals surface area contributed by atoms with Crippen LogP contribution in [0.5, 0.6) is 0 Å². The quantitative estimate of drug-likeness (QED) is 0.844. The largest absolute Gasteiger partial charge is 0.368 e. The van der Waals surface area contributed by atoms with E-state index in [1.807, 2.05) is 18.4 Å². The van der Waals surface area contributed by atoms with E-state index in [1.165, 1.54) is 4.88 Å². The molecule has 2 atom stereocenters. The second-order valence-electron chi connectivity index (χ2n) is 3.87. The Kier molecular flexibility index (Phi) is 3.98. The summed E-state index contributed by atoms with van der Waals surface area (Å²) in [5.41, 5.74) is 5.63. The Morgan fingerprint density at radius 2 is 2.11 bits per heavy atom. The van der Waals surface area contributed by atoms with E-state index in [0.717, 1.165) is 0 Å². The highest BCUT2D eigenvalue weighted by Gasteiger charge is 2.12. The molecule has 2 unspecified atom stereocenters. The summed E-state index contributed by atoms with van der Waals surface area (Å²) in [5.74, 6) is 1.10. The van der Waals surface area contributed by atoms with Gasteiger partial charge in [0, 0.05) is 4.88 Å². The molecule has 0 saturated heterocycles. The van der Waals surface area contributed by atoms with E-state index < -0.39 is 0 Å². The van der Waals surface area contributed by atoms with E-state index in [4.69, 9.17) is 17.3 Å². The van der Waals surface area contributed by atoms with Gasteiger partial charge in [0.25, 0.3) is 0 Å². The van der Waals surface area contributed by atoms with Gasteiger partial charge in [0.15, 0.2) is 5.82 Å². The molecule has 0 fully saturated rings. The van der Waals surface area contributed by atoms with Gasteiger partial charge in [-0.25, -0.2) is 0 Å². The lowest BCUT2D eigenvalue weighted by Gasteiger charge is -2.13. The monoisotopic (exact) mass is 283 g/mol. The molecule has 0 aliphatic carbocycles. The number of nitrogen functional groups attached to an aromatic ring is 1. The molecule has 0 amide bonds. The molecule has 2 heterocycles. The van der Waals surface area contributed by atoms with Crippen LogP contribution in [0.25, 0.3) is 0 Å². The van der Waals surface area contributed by atoms with Crippen molar-refractivity contribution in [2.75, 3.05) is 11.1 Å². The van der Waals surface area contributed by atoms with Crippen LogP contribution in [0.4, 0.5) is 11.9 Å². The van der Waals surface area contributed by atoms with Gasteiger partial charge in [-0.3, -0.25) is 0 Å². The summed E-state index contributed by atoms with van der Waals surface area (Å²) < 4.78 is 0. The highest BCUT2D eigenvalue weighted by molar-refractivity contribution is 7.10. The highest BCUT2D eigenvalue weighted by Crippen LogP contribution is 2.23. The van der Waals surface area contributed by atoms with Crippen molar-refractivity contribution >= 4 is 34.8 Å². The lowest BCUT2D eigenvalue weighted by atomic mass is 10.3. The van der Waals surface area contributed by atoms with Gasteiger partial charge in [-0.1, -0.05) is 6.07 Å². The molecule has 0 radical (unpaired) electrons. The van der Waals surface area contributed by atoms with Crippen LogP contribution in [-0.4, -0.2) is 15.0 Å². The predicted molar refractivity (Wildman–Crippen MR) is 74.9 cm³/mol. The lowest BCUT2D eigenvalue weighted by Crippen LogP contribution is -2.12. The highest BCUT2D eigenvalue weighted by atomic mass is 35.5. The first-order valence-corrected chi connectivity index (χ1v) is 6.83. The summed E-state index contributed by atoms with van der Waals surface area (Å²) >= 11 is 7.62. The maximum Gasteiger partial charge on any atom is 0.228 e. The summed E-state index contributed by atoms with van der Waals surface area (Å²) in [7, 11) is 0. The molecule has 0 aliphatic rings. The third-order valence-electron chi connectivity index (χ3n) is 2.34. The van der Waals surface area contributed by atoms with Gasteiger partial charge in [-0.2, -0.15) is 15.0 Å². The van der Waals surface area contributed by atoms with E-state index in [9.17, 15) is 0 Å². The van der Waals surface area contributed by atoms with Crippen molar-refractivity contribution in [2.45, 2.75) is 25.3 Å². The Morgan fingerprint density at radius 3 is 2.72 bits per heavy atom. The molecule has 0 aromatic carbocycles. The van der Waals surface area contributed by atoms with Gasteiger partial charge in [0.2, 0.25) is 11.9 Å². The Balaban J connectivity index is 2.18. The van der Waals surface area contributed by atoms with E-state index in [0.29, 0.717) is 11.8 Å². The molecular formula is C11H14ClN5S. The van der Waals surface area contributed by atoms with Crippen molar-refractivity contribution in [1.82, 2.24) is 15.0 Å². The van der Waals surface area contributed by atoms with Crippen LogP contribution >= 0.6 is 22.9 Å². The number of nitrogens with one attached hydrogen (secondary N) is 1. The molecule has 18 heavy (non-hydrogen) atoms. The molecule has 0 aliphatic heterocycles. The summed E-state index contributed by atoms with van der Waals surface area (Å²) in [6.45, 7) is 3.83. The SMILES string of the molecule is CC(Cl)c1nc(N)nc(NC(C)c2cccs2)n1. The summed E-state index contributed by atoms with van der Waals surface area (Å²) in [6, 6.07) is 4.18. The van der Waals surface area contributed by atoms with E-state index in [2.05, 4.69) is 26.3 Å². The standard InChI is InChI=1S/C11H14ClN5S/c1-6(12)9-15-10(13)17-11(16-9)14-7(2)8-4-3-5-18-8/h3-7H,1-2H3,(H3,13,14,15,16,17). The van der Waals surface area contributed by atoms with Crippen LogP contribution in [0.15, 0.2) is 17.5 Å². The first-order valence-electron chi connectivity index (χ1n) is 5.51. The molecule has 96 valence electrons. The number of thiophene rings is 1. The molecule has 5 nitrogen and oxygen atoms in total. The summed E-state index contributed by atoms with van der Waals surface area (Å²) in [5, 5.41) is 4.92. The normalized spacial score (nSPS) is 14.2. The van der Waals surface area contributed by atoms with E-state index in [-0.39, 0.29) is 17.4 Å². The number of alkyl halides is 1. The van der Waals surface area contributed by atoms with Gasteiger partial charge in [-0.15, -0.1) is 22.9 Å². The molecule has 0 saturated carbocycles. The number of nitrogens with zero attached hydrogens (tertiary/aromatic N) is 3. The van der Waals surface area contributed by atoms with Crippen LogP contribution in [0.2, 0.25) is 0 Å². The van der Waals surface area contributed by atoms with E-state index in [1.54, 1.807) is 18.3 Å². The first kappa shape index (κ1) is 13.0. The lowest BCUT2D eigenvalue weighted by molar-refractivity contribution is 0.838. The van der Waals surface area contributed by atoms with Crippen LogP contribution < -0.4 is 11.1 Å². The minimum absolute atomic E-state index is 0.116. The number of hydrogen-bond donors (Lipinski definition) is 2. The first-order chi connectivity index (χ1) is 8.56.